The highest BCUT2D eigenvalue weighted by Gasteiger charge is 2.72. The van der Waals surface area contributed by atoms with Gasteiger partial charge < -0.3 is 4.74 Å². The van der Waals surface area contributed by atoms with Gasteiger partial charge in [-0.2, -0.15) is 5.26 Å². The molecule has 0 N–H and O–H groups in total. The molecule has 1 aliphatic carbocycles. The van der Waals surface area contributed by atoms with E-state index in [4.69, 9.17) is 4.74 Å². The second-order valence-electron chi connectivity index (χ2n) is 6.46. The summed E-state index contributed by atoms with van der Waals surface area (Å²) in [5, 5.41) is 9.07. The summed E-state index contributed by atoms with van der Waals surface area (Å²) in [5.74, 6) is -0.380. The molecule has 5 heteroatoms. The van der Waals surface area contributed by atoms with Crippen LogP contribution in [0.1, 0.15) is 24.0 Å². The minimum atomic E-state index is -3.63. The van der Waals surface area contributed by atoms with Crippen LogP contribution in [-0.4, -0.2) is 26.9 Å². The third-order valence-electron chi connectivity index (χ3n) is 4.85. The Balaban J connectivity index is 2.06. The molecule has 3 rings (SSSR count). The Kier molecular flexibility index (Phi) is 4.68. The summed E-state index contributed by atoms with van der Waals surface area (Å²) in [6.07, 6.45) is 0. The first-order chi connectivity index (χ1) is 12.0. The topological polar surface area (TPSA) is 67.2 Å². The highest BCUT2D eigenvalue weighted by molar-refractivity contribution is 7.92. The van der Waals surface area contributed by atoms with Gasteiger partial charge in [0.25, 0.3) is 0 Å². The van der Waals surface area contributed by atoms with Crippen LogP contribution in [0.4, 0.5) is 0 Å². The van der Waals surface area contributed by atoms with Crippen molar-refractivity contribution >= 4 is 9.84 Å². The monoisotopic (exact) mass is 355 g/mol. The summed E-state index contributed by atoms with van der Waals surface area (Å²) in [6.45, 7) is 4.39. The van der Waals surface area contributed by atoms with Crippen LogP contribution < -0.4 is 0 Å². The van der Waals surface area contributed by atoms with Crippen molar-refractivity contribution in [2.45, 2.75) is 29.9 Å². The van der Waals surface area contributed by atoms with Crippen LogP contribution in [0, 0.1) is 23.7 Å². The van der Waals surface area contributed by atoms with E-state index in [1.807, 2.05) is 38.1 Å². The van der Waals surface area contributed by atoms with Crippen molar-refractivity contribution < 1.29 is 13.2 Å². The van der Waals surface area contributed by atoms with Crippen molar-refractivity contribution in [3.8, 4) is 6.07 Å². The number of benzene rings is 2. The number of hydrogen-bond acceptors (Lipinski definition) is 4. The average Bonchev–Trinajstić information content (AvgIpc) is 3.31. The molecule has 2 aromatic carbocycles. The molecule has 25 heavy (non-hydrogen) atoms. The molecule has 1 fully saturated rings. The fourth-order valence-electron chi connectivity index (χ4n) is 3.47. The number of aryl methyl sites for hydroxylation is 1. The molecule has 130 valence electrons. The molecule has 0 radical (unpaired) electrons. The molecule has 3 atom stereocenters. The van der Waals surface area contributed by atoms with E-state index in [9.17, 15) is 13.7 Å². The van der Waals surface area contributed by atoms with Gasteiger partial charge in [-0.05, 0) is 31.5 Å². The zero-order valence-corrected chi connectivity index (χ0v) is 15.2. The predicted molar refractivity (Wildman–Crippen MR) is 95.9 cm³/mol. The Morgan fingerprint density at radius 1 is 1.12 bits per heavy atom. The molecule has 0 amide bonds. The Morgan fingerprint density at radius 3 is 2.32 bits per heavy atom. The molecular formula is C20H21NO3S. The van der Waals surface area contributed by atoms with Crippen LogP contribution in [0.3, 0.4) is 0 Å². The molecule has 0 heterocycles. The zero-order valence-electron chi connectivity index (χ0n) is 14.3. The van der Waals surface area contributed by atoms with Gasteiger partial charge in [0.15, 0.2) is 9.84 Å². The van der Waals surface area contributed by atoms with E-state index in [0.29, 0.717) is 6.61 Å². The van der Waals surface area contributed by atoms with Gasteiger partial charge >= 0.3 is 0 Å². The van der Waals surface area contributed by atoms with Crippen LogP contribution in [0.15, 0.2) is 59.5 Å². The fourth-order valence-corrected chi connectivity index (χ4v) is 5.80. The Labute approximate surface area is 149 Å². The first kappa shape index (κ1) is 17.7. The van der Waals surface area contributed by atoms with Crippen molar-refractivity contribution in [2.75, 3.05) is 13.2 Å². The van der Waals surface area contributed by atoms with Gasteiger partial charge in [-0.25, -0.2) is 8.42 Å². The van der Waals surface area contributed by atoms with Crippen LogP contribution >= 0.6 is 0 Å². The molecule has 0 aliphatic heterocycles. The Morgan fingerprint density at radius 2 is 1.76 bits per heavy atom. The smallest absolute Gasteiger partial charge is 0.183 e. The third kappa shape index (κ3) is 2.97. The number of hydrogen-bond donors (Lipinski definition) is 0. The first-order valence-electron chi connectivity index (χ1n) is 8.32. The molecule has 2 aromatic rings. The minimum absolute atomic E-state index is 0.120. The van der Waals surface area contributed by atoms with Crippen molar-refractivity contribution in [3.05, 3.63) is 65.7 Å². The zero-order chi connectivity index (χ0) is 18.1. The largest absolute Gasteiger partial charge is 0.380 e. The standard InChI is InChI=1S/C20H21NO3S/c1-3-24-14-20(13-21)18(16-11-9-15(2)10-12-16)19(20)25(22,23)17-7-5-4-6-8-17/h4-12,18-19H,3,14H2,1-2H3. The maximum atomic E-state index is 13.2. The summed E-state index contributed by atoms with van der Waals surface area (Å²) < 4.78 is 31.9. The lowest BCUT2D eigenvalue weighted by Gasteiger charge is -2.09. The summed E-state index contributed by atoms with van der Waals surface area (Å²) in [6, 6.07) is 18.3. The lowest BCUT2D eigenvalue weighted by Crippen LogP contribution is -2.19. The summed E-state index contributed by atoms with van der Waals surface area (Å²) >= 11 is 0. The lowest BCUT2D eigenvalue weighted by molar-refractivity contribution is 0.117. The number of ether oxygens (including phenoxy) is 1. The molecule has 3 unspecified atom stereocenters. The quantitative estimate of drug-likeness (QED) is 0.795. The van der Waals surface area contributed by atoms with Crippen LogP contribution in [0.5, 0.6) is 0 Å². The van der Waals surface area contributed by atoms with Gasteiger partial charge in [0.05, 0.1) is 22.8 Å². The molecule has 0 bridgehead atoms. The van der Waals surface area contributed by atoms with Crippen LogP contribution in [-0.2, 0) is 14.6 Å². The van der Waals surface area contributed by atoms with Crippen LogP contribution in [0.25, 0.3) is 0 Å². The molecule has 1 aliphatic rings. The Bertz CT molecular complexity index is 885. The van der Waals surface area contributed by atoms with Gasteiger partial charge in [-0.15, -0.1) is 0 Å². The normalized spacial score (nSPS) is 25.3. The number of nitrogens with zero attached hydrogens (tertiary/aromatic N) is 1. The maximum absolute atomic E-state index is 13.2. The fraction of sp³-hybridized carbons (Fsp3) is 0.350. The molecular weight excluding hydrogens is 334 g/mol. The van der Waals surface area contributed by atoms with Crippen molar-refractivity contribution in [1.82, 2.24) is 0 Å². The van der Waals surface area contributed by atoms with Crippen molar-refractivity contribution in [1.29, 1.82) is 5.26 Å². The maximum Gasteiger partial charge on any atom is 0.183 e. The predicted octanol–water partition coefficient (Wildman–Crippen LogP) is 3.48. The summed E-state index contributed by atoms with van der Waals surface area (Å²) in [4.78, 5) is 0.255. The highest BCUT2D eigenvalue weighted by Crippen LogP contribution is 2.63. The van der Waals surface area contributed by atoms with E-state index in [1.54, 1.807) is 30.3 Å². The number of rotatable bonds is 6. The van der Waals surface area contributed by atoms with Crippen LogP contribution in [0.2, 0.25) is 0 Å². The van der Waals surface area contributed by atoms with Gasteiger partial charge in [0.2, 0.25) is 0 Å². The van der Waals surface area contributed by atoms with E-state index >= 15 is 0 Å². The SMILES string of the molecule is CCOCC1(C#N)C(c2ccc(C)cc2)C1S(=O)(=O)c1ccccc1. The summed E-state index contributed by atoms with van der Waals surface area (Å²) in [5.41, 5.74) is 0.926. The van der Waals surface area contributed by atoms with Crippen molar-refractivity contribution in [2.24, 2.45) is 5.41 Å². The highest BCUT2D eigenvalue weighted by atomic mass is 32.2. The molecule has 1 saturated carbocycles. The minimum Gasteiger partial charge on any atom is -0.380 e. The van der Waals surface area contributed by atoms with Gasteiger partial charge in [0, 0.05) is 12.5 Å². The van der Waals surface area contributed by atoms with Gasteiger partial charge in [0.1, 0.15) is 5.41 Å². The van der Waals surface area contributed by atoms with Gasteiger partial charge in [-0.1, -0.05) is 48.0 Å². The van der Waals surface area contributed by atoms with Crippen molar-refractivity contribution in [3.63, 3.8) is 0 Å². The lowest BCUT2D eigenvalue weighted by atomic mass is 10.0. The molecule has 0 aromatic heterocycles. The van der Waals surface area contributed by atoms with E-state index in [-0.39, 0.29) is 17.4 Å². The summed E-state index contributed by atoms with van der Waals surface area (Å²) in [7, 11) is -3.63. The molecule has 0 spiro atoms. The molecule has 4 nitrogen and oxygen atoms in total. The van der Waals surface area contributed by atoms with E-state index in [1.165, 1.54) is 0 Å². The van der Waals surface area contributed by atoms with E-state index in [2.05, 4.69) is 6.07 Å². The number of sulfone groups is 1. The number of nitriles is 1. The first-order valence-corrected chi connectivity index (χ1v) is 9.86. The second kappa shape index (κ2) is 6.62. The average molecular weight is 355 g/mol. The third-order valence-corrected chi connectivity index (χ3v) is 7.14. The second-order valence-corrected chi connectivity index (χ2v) is 8.53. The Hall–Kier alpha value is -2.16. The molecule has 0 saturated heterocycles. The van der Waals surface area contributed by atoms with E-state index < -0.39 is 20.5 Å². The van der Waals surface area contributed by atoms with Gasteiger partial charge in [-0.3, -0.25) is 0 Å². The van der Waals surface area contributed by atoms with E-state index in [0.717, 1.165) is 11.1 Å².